The minimum absolute atomic E-state index is 0.279. The van der Waals surface area contributed by atoms with Gasteiger partial charge in [0.1, 0.15) is 48.6 Å². The first-order chi connectivity index (χ1) is 15.5. The number of anilines is 1. The third-order valence-electron chi connectivity index (χ3n) is 5.94. The number of ether oxygens (including phenoxy) is 4. The Labute approximate surface area is 184 Å². The van der Waals surface area contributed by atoms with Crippen molar-refractivity contribution in [3.8, 4) is 5.75 Å². The van der Waals surface area contributed by atoms with Crippen LogP contribution in [0.2, 0.25) is 0 Å². The standard InChI is InChI=1S/C23H23N5O4/c1-23(2)31-20-18(11-29-14-6-5-13-4-3-9-25-15(13)10-14)30-19(21(20)32-23)16-7-8-17-22(24)26-12-27-28(16)17/h3-10,12,18-21H,11H2,1-2H3,(H2,24,26,27)/t18-,19+,20-,21+/m1/s1. The smallest absolute Gasteiger partial charge is 0.164 e. The molecule has 2 fully saturated rings. The molecule has 1 aromatic carbocycles. The van der Waals surface area contributed by atoms with Gasteiger partial charge in [0.25, 0.3) is 0 Å². The molecule has 0 saturated carbocycles. The van der Waals surface area contributed by atoms with Gasteiger partial charge in [-0.25, -0.2) is 9.50 Å². The van der Waals surface area contributed by atoms with Crippen molar-refractivity contribution in [2.45, 2.75) is 44.1 Å². The molecule has 4 aromatic rings. The molecule has 2 aliphatic rings. The van der Waals surface area contributed by atoms with E-state index in [2.05, 4.69) is 15.1 Å². The van der Waals surface area contributed by atoms with Gasteiger partial charge in [-0.1, -0.05) is 6.07 Å². The molecule has 2 N–H and O–H groups in total. The summed E-state index contributed by atoms with van der Waals surface area (Å²) in [7, 11) is 0. The highest BCUT2D eigenvalue weighted by molar-refractivity contribution is 5.79. The summed E-state index contributed by atoms with van der Waals surface area (Å²) in [6, 6.07) is 13.6. The van der Waals surface area contributed by atoms with Crippen molar-refractivity contribution in [3.63, 3.8) is 0 Å². The Morgan fingerprint density at radius 1 is 1.09 bits per heavy atom. The van der Waals surface area contributed by atoms with Gasteiger partial charge < -0.3 is 24.7 Å². The molecule has 0 spiro atoms. The van der Waals surface area contributed by atoms with Crippen molar-refractivity contribution >= 4 is 22.2 Å². The van der Waals surface area contributed by atoms with Crippen LogP contribution in [0.15, 0.2) is 55.0 Å². The van der Waals surface area contributed by atoms with E-state index >= 15 is 0 Å². The predicted octanol–water partition coefficient (Wildman–Crippen LogP) is 2.90. The van der Waals surface area contributed by atoms with Crippen LogP contribution in [0.5, 0.6) is 5.75 Å². The lowest BCUT2D eigenvalue weighted by atomic mass is 10.1. The fourth-order valence-corrected chi connectivity index (χ4v) is 4.56. The number of hydrogen-bond donors (Lipinski definition) is 1. The van der Waals surface area contributed by atoms with Gasteiger partial charge in [0.2, 0.25) is 0 Å². The second-order valence-electron chi connectivity index (χ2n) is 8.53. The molecule has 0 bridgehead atoms. The number of fused-ring (bicyclic) bond motifs is 3. The Kier molecular flexibility index (Phi) is 4.32. The number of rotatable bonds is 4. The number of hydrogen-bond acceptors (Lipinski definition) is 8. The Hall–Kier alpha value is -3.27. The second-order valence-corrected chi connectivity index (χ2v) is 8.53. The van der Waals surface area contributed by atoms with Gasteiger partial charge in [0.15, 0.2) is 11.6 Å². The number of benzene rings is 1. The number of nitrogens with two attached hydrogens (primary N) is 1. The average Bonchev–Trinajstić information content (AvgIpc) is 3.44. The molecule has 0 aliphatic carbocycles. The summed E-state index contributed by atoms with van der Waals surface area (Å²) in [4.78, 5) is 8.46. The molecule has 0 unspecified atom stereocenters. The van der Waals surface area contributed by atoms with Crippen molar-refractivity contribution in [3.05, 3.63) is 60.7 Å². The topological polar surface area (TPSA) is 106 Å². The maximum atomic E-state index is 6.41. The van der Waals surface area contributed by atoms with Crippen LogP contribution in [0.1, 0.15) is 25.6 Å². The lowest BCUT2D eigenvalue weighted by Gasteiger charge is -2.24. The van der Waals surface area contributed by atoms with Gasteiger partial charge in [-0.2, -0.15) is 5.10 Å². The molecule has 4 atom stereocenters. The molecule has 164 valence electrons. The third kappa shape index (κ3) is 3.17. The molecule has 0 radical (unpaired) electrons. The second kappa shape index (κ2) is 7.13. The van der Waals surface area contributed by atoms with Gasteiger partial charge in [0.05, 0.1) is 11.2 Å². The zero-order valence-corrected chi connectivity index (χ0v) is 17.7. The fraction of sp³-hybridized carbons (Fsp3) is 0.348. The summed E-state index contributed by atoms with van der Waals surface area (Å²) in [5.41, 5.74) is 8.45. The van der Waals surface area contributed by atoms with E-state index < -0.39 is 5.79 Å². The van der Waals surface area contributed by atoms with Crippen LogP contribution in [-0.4, -0.2) is 50.3 Å². The van der Waals surface area contributed by atoms with Crippen LogP contribution in [0.4, 0.5) is 5.82 Å². The normalized spacial score (nSPS) is 26.6. The fourth-order valence-electron chi connectivity index (χ4n) is 4.56. The Balaban J connectivity index is 1.28. The highest BCUT2D eigenvalue weighted by atomic mass is 16.8. The van der Waals surface area contributed by atoms with Gasteiger partial charge in [-0.3, -0.25) is 4.98 Å². The Morgan fingerprint density at radius 3 is 2.88 bits per heavy atom. The van der Waals surface area contributed by atoms with Crippen molar-refractivity contribution in [2.75, 3.05) is 12.3 Å². The lowest BCUT2D eigenvalue weighted by molar-refractivity contribution is -0.190. The summed E-state index contributed by atoms with van der Waals surface area (Å²) in [5, 5.41) is 5.42. The van der Waals surface area contributed by atoms with Gasteiger partial charge >= 0.3 is 0 Å². The predicted molar refractivity (Wildman–Crippen MR) is 116 cm³/mol. The van der Waals surface area contributed by atoms with E-state index in [1.807, 2.05) is 56.3 Å². The first kappa shape index (κ1) is 19.4. The molecule has 2 aliphatic heterocycles. The van der Waals surface area contributed by atoms with Gasteiger partial charge in [-0.15, -0.1) is 0 Å². The van der Waals surface area contributed by atoms with Crippen molar-refractivity contribution in [2.24, 2.45) is 0 Å². The number of pyridine rings is 1. The van der Waals surface area contributed by atoms with E-state index in [1.54, 1.807) is 10.7 Å². The minimum atomic E-state index is -0.719. The van der Waals surface area contributed by atoms with Crippen LogP contribution < -0.4 is 10.5 Å². The minimum Gasteiger partial charge on any atom is -0.491 e. The van der Waals surface area contributed by atoms with E-state index in [0.29, 0.717) is 12.4 Å². The zero-order chi connectivity index (χ0) is 21.9. The molecule has 0 amide bonds. The highest BCUT2D eigenvalue weighted by Gasteiger charge is 2.56. The van der Waals surface area contributed by atoms with Crippen molar-refractivity contribution < 1.29 is 18.9 Å². The van der Waals surface area contributed by atoms with E-state index in [0.717, 1.165) is 27.9 Å². The molecule has 9 nitrogen and oxygen atoms in total. The third-order valence-corrected chi connectivity index (χ3v) is 5.94. The number of nitrogens with zero attached hydrogens (tertiary/aromatic N) is 4. The van der Waals surface area contributed by atoms with E-state index in [1.165, 1.54) is 6.33 Å². The first-order valence-electron chi connectivity index (χ1n) is 10.6. The van der Waals surface area contributed by atoms with Crippen molar-refractivity contribution in [1.29, 1.82) is 0 Å². The maximum Gasteiger partial charge on any atom is 0.164 e. The van der Waals surface area contributed by atoms with Gasteiger partial charge in [-0.05, 0) is 44.2 Å². The Bertz CT molecular complexity index is 1310. The zero-order valence-electron chi connectivity index (χ0n) is 17.7. The molecular formula is C23H23N5O4. The average molecular weight is 433 g/mol. The van der Waals surface area contributed by atoms with Gasteiger partial charge in [0, 0.05) is 17.6 Å². The number of nitrogen functional groups attached to an aromatic ring is 1. The highest BCUT2D eigenvalue weighted by Crippen LogP contribution is 2.45. The maximum absolute atomic E-state index is 6.41. The molecular weight excluding hydrogens is 410 g/mol. The van der Waals surface area contributed by atoms with Crippen LogP contribution in [0.25, 0.3) is 16.4 Å². The van der Waals surface area contributed by atoms with E-state index in [-0.39, 0.29) is 24.4 Å². The molecule has 32 heavy (non-hydrogen) atoms. The molecule has 9 heteroatoms. The first-order valence-corrected chi connectivity index (χ1v) is 10.6. The van der Waals surface area contributed by atoms with Crippen LogP contribution in [0.3, 0.4) is 0 Å². The largest absolute Gasteiger partial charge is 0.491 e. The Morgan fingerprint density at radius 2 is 1.97 bits per heavy atom. The van der Waals surface area contributed by atoms with E-state index in [4.69, 9.17) is 24.7 Å². The van der Waals surface area contributed by atoms with Crippen LogP contribution >= 0.6 is 0 Å². The summed E-state index contributed by atoms with van der Waals surface area (Å²) in [6.07, 6.45) is 1.92. The summed E-state index contributed by atoms with van der Waals surface area (Å²) < 4.78 is 26.7. The van der Waals surface area contributed by atoms with E-state index in [9.17, 15) is 0 Å². The number of aromatic nitrogens is 4. The summed E-state index contributed by atoms with van der Waals surface area (Å²) in [6.45, 7) is 4.13. The summed E-state index contributed by atoms with van der Waals surface area (Å²) >= 11 is 0. The lowest BCUT2D eigenvalue weighted by Crippen LogP contribution is -2.33. The molecule has 6 rings (SSSR count). The summed E-state index contributed by atoms with van der Waals surface area (Å²) in [5.74, 6) is 0.421. The molecule has 2 saturated heterocycles. The quantitative estimate of drug-likeness (QED) is 0.524. The van der Waals surface area contributed by atoms with Crippen LogP contribution in [-0.2, 0) is 14.2 Å². The molecule has 3 aromatic heterocycles. The SMILES string of the molecule is CC1(C)O[C@@H]2[C@H](O1)[C@@H](COc1ccc3cccnc3c1)O[C@H]2c1ccc2c(N)ncnn12. The monoisotopic (exact) mass is 433 g/mol. The van der Waals surface area contributed by atoms with Crippen LogP contribution in [0, 0.1) is 0 Å². The van der Waals surface area contributed by atoms with Crippen molar-refractivity contribution in [1.82, 2.24) is 19.6 Å². The molecule has 5 heterocycles.